The molecule has 1 aromatic heterocycles. The number of halogens is 1. The Morgan fingerprint density at radius 1 is 1.29 bits per heavy atom. The summed E-state index contributed by atoms with van der Waals surface area (Å²) in [5, 5.41) is 12.2. The Morgan fingerprint density at radius 2 is 2.05 bits per heavy atom. The van der Waals surface area contributed by atoms with Gasteiger partial charge in [0.05, 0.1) is 6.04 Å². The molecule has 1 atom stereocenters. The van der Waals surface area contributed by atoms with E-state index >= 15 is 0 Å². The summed E-state index contributed by atoms with van der Waals surface area (Å²) in [6.45, 7) is 8.28. The Hall–Kier alpha value is -1.75. The summed E-state index contributed by atoms with van der Waals surface area (Å²) < 4.78 is 15.9. The quantitative estimate of drug-likeness (QED) is 0.924. The highest BCUT2D eigenvalue weighted by Crippen LogP contribution is 2.33. The second kappa shape index (κ2) is 5.22. The van der Waals surface area contributed by atoms with Crippen molar-refractivity contribution in [1.82, 2.24) is 20.1 Å². The van der Waals surface area contributed by atoms with Crippen LogP contribution in [0, 0.1) is 11.2 Å². The first-order valence-electron chi connectivity index (χ1n) is 7.35. The van der Waals surface area contributed by atoms with Crippen LogP contribution in [-0.4, -0.2) is 21.3 Å². The van der Waals surface area contributed by atoms with E-state index in [2.05, 4.69) is 40.9 Å². The zero-order chi connectivity index (χ0) is 15.0. The molecule has 0 radical (unpaired) electrons. The Kier molecular flexibility index (Phi) is 3.53. The van der Waals surface area contributed by atoms with Crippen LogP contribution in [0.3, 0.4) is 0 Å². The second-order valence-corrected chi connectivity index (χ2v) is 6.65. The van der Waals surface area contributed by atoms with Gasteiger partial charge in [-0.2, -0.15) is 0 Å². The van der Waals surface area contributed by atoms with E-state index in [1.807, 2.05) is 6.07 Å². The maximum Gasteiger partial charge on any atom is 0.150 e. The summed E-state index contributed by atoms with van der Waals surface area (Å²) in [6, 6.07) is 7.03. The van der Waals surface area contributed by atoms with E-state index in [4.69, 9.17) is 0 Å². The lowest BCUT2D eigenvalue weighted by Gasteiger charge is -2.34. The van der Waals surface area contributed by atoms with E-state index in [0.29, 0.717) is 12.0 Å². The highest BCUT2D eigenvalue weighted by molar-refractivity contribution is 5.22. The third-order valence-corrected chi connectivity index (χ3v) is 3.97. The van der Waals surface area contributed by atoms with Crippen LogP contribution in [0.25, 0.3) is 0 Å². The zero-order valence-corrected chi connectivity index (χ0v) is 12.7. The van der Waals surface area contributed by atoms with Crippen LogP contribution in [-0.2, 0) is 13.0 Å². The molecule has 0 bridgehead atoms. The largest absolute Gasteiger partial charge is 0.312 e. The molecule has 4 nitrogen and oxygen atoms in total. The molecule has 3 rings (SSSR count). The minimum absolute atomic E-state index is 0.0699. The van der Waals surface area contributed by atoms with Crippen LogP contribution < -0.4 is 5.32 Å². The van der Waals surface area contributed by atoms with Crippen molar-refractivity contribution in [3.63, 3.8) is 0 Å². The van der Waals surface area contributed by atoms with Crippen LogP contribution in [0.5, 0.6) is 0 Å². The van der Waals surface area contributed by atoms with Crippen LogP contribution in [0.4, 0.5) is 4.39 Å². The van der Waals surface area contributed by atoms with Crippen LogP contribution >= 0.6 is 0 Å². The van der Waals surface area contributed by atoms with Gasteiger partial charge in [-0.25, -0.2) is 4.39 Å². The second-order valence-electron chi connectivity index (χ2n) is 6.65. The summed E-state index contributed by atoms with van der Waals surface area (Å²) in [4.78, 5) is 0. The normalized spacial score (nSPS) is 18.6. The molecule has 21 heavy (non-hydrogen) atoms. The molecule has 0 saturated heterocycles. The molecule has 1 aliphatic heterocycles. The molecular weight excluding hydrogens is 267 g/mol. The molecule has 2 heterocycles. The van der Waals surface area contributed by atoms with Gasteiger partial charge in [0.1, 0.15) is 11.6 Å². The van der Waals surface area contributed by atoms with Crippen molar-refractivity contribution in [3.05, 3.63) is 47.3 Å². The molecule has 112 valence electrons. The fraction of sp³-hybridized carbons (Fsp3) is 0.500. The molecule has 2 aromatic rings. The predicted octanol–water partition coefficient (Wildman–Crippen LogP) is 2.70. The fourth-order valence-corrected chi connectivity index (χ4v) is 2.85. The highest BCUT2D eigenvalue weighted by Gasteiger charge is 2.33. The summed E-state index contributed by atoms with van der Waals surface area (Å²) in [7, 11) is 0. The van der Waals surface area contributed by atoms with E-state index in [-0.39, 0.29) is 17.3 Å². The molecular formula is C16H21FN4. The topological polar surface area (TPSA) is 42.7 Å². The first kappa shape index (κ1) is 14.2. The Labute approximate surface area is 124 Å². The summed E-state index contributed by atoms with van der Waals surface area (Å²) in [5.74, 6) is 1.61. The molecule has 1 aromatic carbocycles. The lowest BCUT2D eigenvalue weighted by molar-refractivity contribution is 0.232. The monoisotopic (exact) mass is 288 g/mol. The molecule has 1 N–H and O–H groups in total. The molecule has 1 unspecified atom stereocenters. The van der Waals surface area contributed by atoms with Crippen molar-refractivity contribution in [2.24, 2.45) is 5.41 Å². The van der Waals surface area contributed by atoms with Crippen LogP contribution in [0.2, 0.25) is 0 Å². The van der Waals surface area contributed by atoms with Gasteiger partial charge >= 0.3 is 0 Å². The average molecular weight is 288 g/mol. The van der Waals surface area contributed by atoms with Crippen molar-refractivity contribution in [1.29, 1.82) is 0 Å². The molecule has 1 aliphatic rings. The standard InChI is InChI=1S/C16H21FN4/c1-16(2,3)14-15-20-19-13(21(15)9-8-18-14)10-11-6-4-5-7-12(11)17/h4-7,14,18H,8-10H2,1-3H3. The number of aromatic nitrogens is 3. The predicted molar refractivity (Wildman–Crippen MR) is 79.4 cm³/mol. The van der Waals surface area contributed by atoms with Gasteiger partial charge in [0, 0.05) is 19.5 Å². The van der Waals surface area contributed by atoms with Crippen molar-refractivity contribution in [3.8, 4) is 0 Å². The first-order chi connectivity index (χ1) is 9.97. The van der Waals surface area contributed by atoms with Crippen molar-refractivity contribution in [2.45, 2.75) is 39.8 Å². The lowest BCUT2D eigenvalue weighted by atomic mass is 9.85. The van der Waals surface area contributed by atoms with Crippen molar-refractivity contribution < 1.29 is 4.39 Å². The maximum absolute atomic E-state index is 13.8. The fourth-order valence-electron chi connectivity index (χ4n) is 2.85. The van der Waals surface area contributed by atoms with Gasteiger partial charge in [0.25, 0.3) is 0 Å². The van der Waals surface area contributed by atoms with Crippen molar-refractivity contribution in [2.75, 3.05) is 6.54 Å². The Balaban J connectivity index is 1.93. The SMILES string of the molecule is CC(C)(C)C1NCCn2c(Cc3ccccc3F)nnc21. The summed E-state index contributed by atoms with van der Waals surface area (Å²) >= 11 is 0. The van der Waals surface area contributed by atoms with E-state index in [1.54, 1.807) is 12.1 Å². The van der Waals surface area contributed by atoms with Crippen LogP contribution in [0.15, 0.2) is 24.3 Å². The number of hydrogen-bond donors (Lipinski definition) is 1. The van der Waals surface area contributed by atoms with Gasteiger partial charge in [-0.05, 0) is 17.0 Å². The number of nitrogens with zero attached hydrogens (tertiary/aromatic N) is 3. The number of benzene rings is 1. The number of nitrogens with one attached hydrogen (secondary N) is 1. The lowest BCUT2D eigenvalue weighted by Crippen LogP contribution is -2.41. The maximum atomic E-state index is 13.8. The average Bonchev–Trinajstić information content (AvgIpc) is 2.83. The van der Waals surface area contributed by atoms with E-state index < -0.39 is 0 Å². The van der Waals surface area contributed by atoms with Gasteiger partial charge in [-0.1, -0.05) is 39.0 Å². The Morgan fingerprint density at radius 3 is 2.76 bits per heavy atom. The van der Waals surface area contributed by atoms with Crippen LogP contribution in [0.1, 0.15) is 44.0 Å². The molecule has 5 heteroatoms. The van der Waals surface area contributed by atoms with Crippen molar-refractivity contribution >= 4 is 0 Å². The van der Waals surface area contributed by atoms with Gasteiger partial charge in [-0.3, -0.25) is 0 Å². The number of rotatable bonds is 2. The van der Waals surface area contributed by atoms with E-state index in [1.165, 1.54) is 6.07 Å². The van der Waals surface area contributed by atoms with Gasteiger partial charge in [0.15, 0.2) is 5.82 Å². The summed E-state index contributed by atoms with van der Waals surface area (Å²) in [5.41, 5.74) is 0.735. The molecule has 0 fully saturated rings. The summed E-state index contributed by atoms with van der Waals surface area (Å²) in [6.07, 6.45) is 0.483. The zero-order valence-electron chi connectivity index (χ0n) is 12.7. The highest BCUT2D eigenvalue weighted by atomic mass is 19.1. The third kappa shape index (κ3) is 2.70. The molecule has 0 aliphatic carbocycles. The van der Waals surface area contributed by atoms with E-state index in [9.17, 15) is 4.39 Å². The van der Waals surface area contributed by atoms with Gasteiger partial charge in [0.2, 0.25) is 0 Å². The number of fused-ring (bicyclic) bond motifs is 1. The van der Waals surface area contributed by atoms with Gasteiger partial charge < -0.3 is 9.88 Å². The minimum atomic E-state index is -0.184. The van der Waals surface area contributed by atoms with E-state index in [0.717, 1.165) is 24.7 Å². The Bertz CT molecular complexity index is 642. The molecule has 0 saturated carbocycles. The molecule has 0 spiro atoms. The molecule has 0 amide bonds. The third-order valence-electron chi connectivity index (χ3n) is 3.97. The minimum Gasteiger partial charge on any atom is -0.312 e. The van der Waals surface area contributed by atoms with Gasteiger partial charge in [-0.15, -0.1) is 10.2 Å². The number of hydrogen-bond acceptors (Lipinski definition) is 3. The smallest absolute Gasteiger partial charge is 0.150 e. The first-order valence-corrected chi connectivity index (χ1v) is 7.35.